The Morgan fingerprint density at radius 3 is 2.83 bits per heavy atom. The van der Waals surface area contributed by atoms with Crippen molar-refractivity contribution in [1.82, 2.24) is 15.1 Å². The zero-order chi connectivity index (χ0) is 13.1. The molecule has 0 amide bonds. The molecular formula is C13H18BrN3S. The van der Waals surface area contributed by atoms with E-state index in [0.29, 0.717) is 6.04 Å². The first-order valence-electron chi connectivity index (χ1n) is 6.09. The van der Waals surface area contributed by atoms with E-state index in [1.807, 2.05) is 14.0 Å². The summed E-state index contributed by atoms with van der Waals surface area (Å²) >= 11 is 5.31. The number of halogens is 1. The molecule has 0 aromatic carbocycles. The standard InChI is InChI=1S/C13H18BrN3S/c1-4-17-12(7-9(2)16-17)11(15-3)8-10-5-6-13(14)18-10/h5-7,11,15H,4,8H2,1-3H3. The Morgan fingerprint density at radius 1 is 1.50 bits per heavy atom. The van der Waals surface area contributed by atoms with Gasteiger partial charge in [-0.3, -0.25) is 4.68 Å². The summed E-state index contributed by atoms with van der Waals surface area (Å²) in [5.74, 6) is 0. The highest BCUT2D eigenvalue weighted by atomic mass is 79.9. The van der Waals surface area contributed by atoms with Crippen LogP contribution in [0.15, 0.2) is 22.0 Å². The molecule has 0 aliphatic heterocycles. The fraction of sp³-hybridized carbons (Fsp3) is 0.462. The van der Waals surface area contributed by atoms with Crippen LogP contribution in [-0.4, -0.2) is 16.8 Å². The predicted molar refractivity (Wildman–Crippen MR) is 80.2 cm³/mol. The molecular weight excluding hydrogens is 310 g/mol. The average molecular weight is 328 g/mol. The van der Waals surface area contributed by atoms with Crippen LogP contribution in [0.3, 0.4) is 0 Å². The van der Waals surface area contributed by atoms with Gasteiger partial charge in [-0.15, -0.1) is 11.3 Å². The lowest BCUT2D eigenvalue weighted by atomic mass is 10.1. The molecule has 5 heteroatoms. The van der Waals surface area contributed by atoms with Crippen LogP contribution < -0.4 is 5.32 Å². The molecule has 98 valence electrons. The number of thiophene rings is 1. The van der Waals surface area contributed by atoms with Gasteiger partial charge in [0.1, 0.15) is 0 Å². The number of hydrogen-bond acceptors (Lipinski definition) is 3. The highest BCUT2D eigenvalue weighted by Crippen LogP contribution is 2.27. The molecule has 0 radical (unpaired) electrons. The Kier molecular flexibility index (Phi) is 4.59. The predicted octanol–water partition coefficient (Wildman–Crippen LogP) is 3.54. The third kappa shape index (κ3) is 3.02. The Balaban J connectivity index is 2.22. The van der Waals surface area contributed by atoms with Gasteiger partial charge >= 0.3 is 0 Å². The average Bonchev–Trinajstić information content (AvgIpc) is 2.92. The van der Waals surface area contributed by atoms with Crippen LogP contribution in [0.2, 0.25) is 0 Å². The van der Waals surface area contributed by atoms with Crippen LogP contribution in [0.5, 0.6) is 0 Å². The van der Waals surface area contributed by atoms with Crippen molar-refractivity contribution in [2.45, 2.75) is 32.9 Å². The molecule has 1 N–H and O–H groups in total. The van der Waals surface area contributed by atoms with E-state index in [-0.39, 0.29) is 0 Å². The van der Waals surface area contributed by atoms with Gasteiger partial charge < -0.3 is 5.32 Å². The van der Waals surface area contributed by atoms with Gasteiger partial charge in [-0.25, -0.2) is 0 Å². The smallest absolute Gasteiger partial charge is 0.0701 e. The topological polar surface area (TPSA) is 29.9 Å². The van der Waals surface area contributed by atoms with Crippen LogP contribution in [0.25, 0.3) is 0 Å². The van der Waals surface area contributed by atoms with Gasteiger partial charge in [-0.05, 0) is 55.0 Å². The minimum absolute atomic E-state index is 0.316. The Labute approximate surface area is 120 Å². The van der Waals surface area contributed by atoms with Gasteiger partial charge in [0.15, 0.2) is 0 Å². The first-order chi connectivity index (χ1) is 8.63. The lowest BCUT2D eigenvalue weighted by Crippen LogP contribution is -2.22. The number of hydrogen-bond donors (Lipinski definition) is 1. The van der Waals surface area contributed by atoms with E-state index in [1.165, 1.54) is 14.4 Å². The summed E-state index contributed by atoms with van der Waals surface area (Å²) in [7, 11) is 2.01. The molecule has 0 saturated carbocycles. The normalized spacial score (nSPS) is 12.9. The van der Waals surface area contributed by atoms with Gasteiger partial charge in [0.25, 0.3) is 0 Å². The Bertz CT molecular complexity index is 518. The summed E-state index contributed by atoms with van der Waals surface area (Å²) in [6.07, 6.45) is 0.998. The molecule has 2 heterocycles. The SMILES string of the molecule is CCn1nc(C)cc1C(Cc1ccc(Br)s1)NC. The lowest BCUT2D eigenvalue weighted by molar-refractivity contribution is 0.515. The second-order valence-corrected chi connectivity index (χ2v) is 6.83. The zero-order valence-electron chi connectivity index (χ0n) is 10.9. The maximum absolute atomic E-state index is 4.52. The number of aromatic nitrogens is 2. The highest BCUT2D eigenvalue weighted by Gasteiger charge is 2.16. The maximum Gasteiger partial charge on any atom is 0.0701 e. The molecule has 1 atom stereocenters. The van der Waals surface area contributed by atoms with E-state index in [2.05, 4.69) is 56.2 Å². The third-order valence-electron chi connectivity index (χ3n) is 2.97. The molecule has 0 aliphatic rings. The number of nitrogens with zero attached hydrogens (tertiary/aromatic N) is 2. The molecule has 1 unspecified atom stereocenters. The molecule has 18 heavy (non-hydrogen) atoms. The van der Waals surface area contributed by atoms with E-state index in [1.54, 1.807) is 11.3 Å². The number of nitrogens with one attached hydrogen (secondary N) is 1. The second-order valence-electron chi connectivity index (χ2n) is 4.28. The minimum atomic E-state index is 0.316. The largest absolute Gasteiger partial charge is 0.311 e. The molecule has 0 saturated heterocycles. The first kappa shape index (κ1) is 13.8. The molecule has 3 nitrogen and oxygen atoms in total. The van der Waals surface area contributed by atoms with Crippen molar-refractivity contribution in [3.8, 4) is 0 Å². The summed E-state index contributed by atoms with van der Waals surface area (Å²) in [4.78, 5) is 1.38. The Hall–Kier alpha value is -0.650. The van der Waals surface area contributed by atoms with Crippen LogP contribution >= 0.6 is 27.3 Å². The van der Waals surface area contributed by atoms with Crippen molar-refractivity contribution in [2.75, 3.05) is 7.05 Å². The van der Waals surface area contributed by atoms with Crippen LogP contribution in [0.1, 0.15) is 29.2 Å². The summed E-state index contributed by atoms with van der Waals surface area (Å²) in [5.41, 5.74) is 2.35. The van der Waals surface area contributed by atoms with Gasteiger partial charge in [0.2, 0.25) is 0 Å². The molecule has 0 fully saturated rings. The van der Waals surface area contributed by atoms with Crippen molar-refractivity contribution in [2.24, 2.45) is 0 Å². The van der Waals surface area contributed by atoms with Gasteiger partial charge in [-0.2, -0.15) is 5.10 Å². The van der Waals surface area contributed by atoms with E-state index in [4.69, 9.17) is 0 Å². The minimum Gasteiger partial charge on any atom is -0.311 e. The van der Waals surface area contributed by atoms with Crippen LogP contribution in [0.4, 0.5) is 0 Å². The summed E-state index contributed by atoms with van der Waals surface area (Å²) in [6, 6.07) is 6.78. The van der Waals surface area contributed by atoms with Crippen LogP contribution in [0, 0.1) is 6.92 Å². The van der Waals surface area contributed by atoms with Crippen LogP contribution in [-0.2, 0) is 13.0 Å². The first-order valence-corrected chi connectivity index (χ1v) is 7.70. The van der Waals surface area contributed by atoms with E-state index in [9.17, 15) is 0 Å². The molecule has 2 aromatic rings. The molecule has 2 aromatic heterocycles. The number of likely N-dealkylation sites (N-methyl/N-ethyl adjacent to an activating group) is 1. The Morgan fingerprint density at radius 2 is 2.28 bits per heavy atom. The fourth-order valence-electron chi connectivity index (χ4n) is 2.12. The molecule has 0 spiro atoms. The van der Waals surface area contributed by atoms with Crippen molar-refractivity contribution in [3.63, 3.8) is 0 Å². The van der Waals surface area contributed by atoms with E-state index >= 15 is 0 Å². The summed E-state index contributed by atoms with van der Waals surface area (Å²) < 4.78 is 3.27. The lowest BCUT2D eigenvalue weighted by Gasteiger charge is -2.16. The van der Waals surface area contributed by atoms with Gasteiger partial charge in [0.05, 0.1) is 21.2 Å². The van der Waals surface area contributed by atoms with Crippen molar-refractivity contribution in [3.05, 3.63) is 38.3 Å². The fourth-order valence-corrected chi connectivity index (χ4v) is 3.64. The third-order valence-corrected chi connectivity index (χ3v) is 4.62. The zero-order valence-corrected chi connectivity index (χ0v) is 13.3. The second kappa shape index (κ2) is 5.99. The summed E-state index contributed by atoms with van der Waals surface area (Å²) in [5, 5.41) is 7.91. The monoisotopic (exact) mass is 327 g/mol. The molecule has 2 rings (SSSR count). The van der Waals surface area contributed by atoms with E-state index in [0.717, 1.165) is 18.7 Å². The van der Waals surface area contributed by atoms with Crippen molar-refractivity contribution in [1.29, 1.82) is 0 Å². The molecule has 0 bridgehead atoms. The summed E-state index contributed by atoms with van der Waals surface area (Å²) in [6.45, 7) is 5.09. The van der Waals surface area contributed by atoms with Gasteiger partial charge in [-0.1, -0.05) is 0 Å². The van der Waals surface area contributed by atoms with Gasteiger partial charge in [0, 0.05) is 17.8 Å². The quantitative estimate of drug-likeness (QED) is 0.910. The maximum atomic E-state index is 4.52. The van der Waals surface area contributed by atoms with Crippen molar-refractivity contribution >= 4 is 27.3 Å². The van der Waals surface area contributed by atoms with E-state index < -0.39 is 0 Å². The molecule has 0 aliphatic carbocycles. The number of rotatable bonds is 5. The highest BCUT2D eigenvalue weighted by molar-refractivity contribution is 9.11. The van der Waals surface area contributed by atoms with Crippen molar-refractivity contribution < 1.29 is 0 Å². The number of aryl methyl sites for hydroxylation is 2.